The molecule has 0 amide bonds. The van der Waals surface area contributed by atoms with Gasteiger partial charge in [-0.3, -0.25) is 4.79 Å². The van der Waals surface area contributed by atoms with E-state index >= 15 is 0 Å². The van der Waals surface area contributed by atoms with Crippen LogP contribution >= 0.6 is 15.9 Å². The van der Waals surface area contributed by atoms with E-state index in [2.05, 4.69) is 30.9 Å². The molecule has 0 fully saturated rings. The smallest absolute Gasteiger partial charge is 0.153 e. The maximum absolute atomic E-state index is 10.6. The lowest BCUT2D eigenvalue weighted by Crippen LogP contribution is -1.90. The Kier molecular flexibility index (Phi) is 1.88. The Bertz CT molecular complexity index is 477. The third kappa shape index (κ3) is 1.25. The van der Waals surface area contributed by atoms with E-state index in [9.17, 15) is 4.79 Å². The number of hydrogen-bond donors (Lipinski definition) is 1. The van der Waals surface area contributed by atoms with Crippen molar-refractivity contribution in [2.45, 2.75) is 6.92 Å². The summed E-state index contributed by atoms with van der Waals surface area (Å²) in [4.78, 5) is 21.8. The molecule has 2 aromatic rings. The van der Waals surface area contributed by atoms with Gasteiger partial charge in [0.2, 0.25) is 0 Å². The fourth-order valence-electron chi connectivity index (χ4n) is 1.18. The highest BCUT2D eigenvalue weighted by Crippen LogP contribution is 2.21. The summed E-state index contributed by atoms with van der Waals surface area (Å²) in [5, 5.41) is 0. The molecule has 66 valence electrons. The third-order valence-electron chi connectivity index (χ3n) is 1.75. The average Bonchev–Trinajstić information content (AvgIpc) is 2.47. The summed E-state index contributed by atoms with van der Waals surface area (Å²) in [6, 6.07) is 0. The number of aromatic amines is 1. The number of nitrogens with zero attached hydrogens (tertiary/aromatic N) is 2. The number of fused-ring (bicyclic) bond motifs is 1. The van der Waals surface area contributed by atoms with Crippen molar-refractivity contribution in [3.8, 4) is 0 Å². The van der Waals surface area contributed by atoms with Gasteiger partial charge in [0, 0.05) is 6.20 Å². The number of nitrogens with one attached hydrogen (secondary N) is 1. The highest BCUT2D eigenvalue weighted by molar-refractivity contribution is 9.10. The van der Waals surface area contributed by atoms with E-state index in [0.717, 1.165) is 11.8 Å². The number of halogens is 1. The van der Waals surface area contributed by atoms with Crippen LogP contribution in [0.25, 0.3) is 11.0 Å². The van der Waals surface area contributed by atoms with Gasteiger partial charge in [-0.2, -0.15) is 0 Å². The number of carbonyl (C=O) groups excluding carboxylic acids is 1. The summed E-state index contributed by atoms with van der Waals surface area (Å²) in [5.74, 6) is 0.641. The molecule has 0 spiro atoms. The van der Waals surface area contributed by atoms with Crippen molar-refractivity contribution in [2.24, 2.45) is 0 Å². The minimum absolute atomic E-state index is 0.557. The van der Waals surface area contributed by atoms with Gasteiger partial charge in [-0.1, -0.05) is 0 Å². The topological polar surface area (TPSA) is 58.6 Å². The molecule has 0 aromatic carbocycles. The van der Waals surface area contributed by atoms with Gasteiger partial charge in [0.25, 0.3) is 0 Å². The van der Waals surface area contributed by atoms with Gasteiger partial charge in [0.15, 0.2) is 6.29 Å². The molecule has 0 bridgehead atoms. The summed E-state index contributed by atoms with van der Waals surface area (Å²) in [5.41, 5.74) is 1.98. The quantitative estimate of drug-likeness (QED) is 0.611. The van der Waals surface area contributed by atoms with Crippen LogP contribution < -0.4 is 0 Å². The number of aryl methyl sites for hydroxylation is 1. The molecule has 0 unspecified atom stereocenters. The van der Waals surface area contributed by atoms with Crippen LogP contribution in [-0.4, -0.2) is 21.2 Å². The summed E-state index contributed by atoms with van der Waals surface area (Å²) < 4.78 is 0.683. The Morgan fingerprint density at radius 1 is 1.54 bits per heavy atom. The second-order valence-corrected chi connectivity index (χ2v) is 3.40. The van der Waals surface area contributed by atoms with Crippen molar-refractivity contribution in [2.75, 3.05) is 0 Å². The molecule has 0 aliphatic heterocycles. The Morgan fingerprint density at radius 3 is 3.00 bits per heavy atom. The van der Waals surface area contributed by atoms with E-state index in [1.807, 2.05) is 0 Å². The van der Waals surface area contributed by atoms with Crippen LogP contribution in [-0.2, 0) is 0 Å². The number of carbonyl (C=O) groups is 1. The number of aromatic nitrogens is 3. The molecule has 0 saturated carbocycles. The van der Waals surface area contributed by atoms with Crippen LogP contribution in [0.3, 0.4) is 0 Å². The van der Waals surface area contributed by atoms with Crippen molar-refractivity contribution < 1.29 is 4.79 Å². The minimum atomic E-state index is 0.557. The molecule has 2 aromatic heterocycles. The zero-order valence-corrected chi connectivity index (χ0v) is 8.42. The van der Waals surface area contributed by atoms with E-state index < -0.39 is 0 Å². The zero-order valence-electron chi connectivity index (χ0n) is 6.84. The zero-order chi connectivity index (χ0) is 9.42. The van der Waals surface area contributed by atoms with E-state index in [0.29, 0.717) is 21.5 Å². The Labute approximate surface area is 82.5 Å². The molecule has 0 radical (unpaired) electrons. The minimum Gasteiger partial charge on any atom is -0.357 e. The predicted molar refractivity (Wildman–Crippen MR) is 51.7 cm³/mol. The second kappa shape index (κ2) is 2.92. The SMILES string of the molecule is Cc1nc(Br)c2[nH]cc(C=O)c2n1. The van der Waals surface area contributed by atoms with Gasteiger partial charge in [-0.05, 0) is 22.9 Å². The average molecular weight is 240 g/mol. The molecule has 0 aliphatic rings. The molecule has 0 aliphatic carbocycles. The number of rotatable bonds is 1. The molecule has 2 heterocycles. The van der Waals surface area contributed by atoms with Crippen LogP contribution in [0, 0.1) is 6.92 Å². The normalized spacial score (nSPS) is 10.6. The van der Waals surface area contributed by atoms with Gasteiger partial charge in [0.1, 0.15) is 15.9 Å². The second-order valence-electron chi connectivity index (χ2n) is 2.65. The van der Waals surface area contributed by atoms with E-state index in [4.69, 9.17) is 0 Å². The first-order valence-corrected chi connectivity index (χ1v) is 4.48. The van der Waals surface area contributed by atoms with Gasteiger partial charge in [-0.15, -0.1) is 0 Å². The van der Waals surface area contributed by atoms with Crippen molar-refractivity contribution in [3.63, 3.8) is 0 Å². The van der Waals surface area contributed by atoms with Crippen LogP contribution in [0.2, 0.25) is 0 Å². The first-order chi connectivity index (χ1) is 6.22. The van der Waals surface area contributed by atoms with Crippen molar-refractivity contribution in [1.29, 1.82) is 0 Å². The van der Waals surface area contributed by atoms with E-state index in [1.54, 1.807) is 13.1 Å². The Hall–Kier alpha value is -1.23. The molecule has 1 N–H and O–H groups in total. The largest absolute Gasteiger partial charge is 0.357 e. The van der Waals surface area contributed by atoms with Gasteiger partial charge < -0.3 is 4.98 Å². The van der Waals surface area contributed by atoms with E-state index in [1.165, 1.54) is 0 Å². The fourth-order valence-corrected chi connectivity index (χ4v) is 1.74. The molecular formula is C8H6BrN3O. The monoisotopic (exact) mass is 239 g/mol. The standard InChI is InChI=1S/C8H6BrN3O/c1-4-11-6-5(3-13)2-10-7(6)8(9)12-4/h2-3,10H,1H3. The summed E-state index contributed by atoms with van der Waals surface area (Å²) in [6.07, 6.45) is 2.40. The predicted octanol–water partition coefficient (Wildman–Crippen LogP) is 1.84. The lowest BCUT2D eigenvalue weighted by atomic mass is 10.3. The molecule has 2 rings (SSSR count). The van der Waals surface area contributed by atoms with Crippen molar-refractivity contribution >= 4 is 33.2 Å². The van der Waals surface area contributed by atoms with Crippen LogP contribution in [0.15, 0.2) is 10.8 Å². The highest BCUT2D eigenvalue weighted by atomic mass is 79.9. The van der Waals surface area contributed by atoms with Gasteiger partial charge >= 0.3 is 0 Å². The molecule has 5 heteroatoms. The van der Waals surface area contributed by atoms with Crippen LogP contribution in [0.4, 0.5) is 0 Å². The van der Waals surface area contributed by atoms with Crippen molar-refractivity contribution in [1.82, 2.24) is 15.0 Å². The molecule has 0 atom stereocenters. The van der Waals surface area contributed by atoms with Gasteiger partial charge in [-0.25, -0.2) is 9.97 Å². The van der Waals surface area contributed by atoms with Crippen molar-refractivity contribution in [3.05, 3.63) is 22.2 Å². The first kappa shape index (κ1) is 8.37. The fraction of sp³-hybridized carbons (Fsp3) is 0.125. The number of aldehydes is 1. The van der Waals surface area contributed by atoms with Gasteiger partial charge in [0.05, 0.1) is 11.1 Å². The maximum Gasteiger partial charge on any atom is 0.153 e. The highest BCUT2D eigenvalue weighted by Gasteiger charge is 2.08. The Balaban J connectivity index is 2.89. The summed E-state index contributed by atoms with van der Waals surface area (Å²) >= 11 is 3.29. The molecule has 0 saturated heterocycles. The Morgan fingerprint density at radius 2 is 2.31 bits per heavy atom. The molecular weight excluding hydrogens is 234 g/mol. The summed E-state index contributed by atoms with van der Waals surface area (Å²) in [6.45, 7) is 1.78. The van der Waals surface area contributed by atoms with Crippen LogP contribution in [0.5, 0.6) is 0 Å². The van der Waals surface area contributed by atoms with Crippen LogP contribution in [0.1, 0.15) is 16.2 Å². The maximum atomic E-state index is 10.6. The lowest BCUT2D eigenvalue weighted by molar-refractivity contribution is 0.112. The lowest BCUT2D eigenvalue weighted by Gasteiger charge is -1.95. The molecule has 13 heavy (non-hydrogen) atoms. The van der Waals surface area contributed by atoms with E-state index in [-0.39, 0.29) is 0 Å². The third-order valence-corrected chi connectivity index (χ3v) is 2.32. The summed E-state index contributed by atoms with van der Waals surface area (Å²) in [7, 11) is 0. The first-order valence-electron chi connectivity index (χ1n) is 3.69. The molecule has 4 nitrogen and oxygen atoms in total. The number of H-pyrrole nitrogens is 1. The number of hydrogen-bond acceptors (Lipinski definition) is 3.